The van der Waals surface area contributed by atoms with Gasteiger partial charge >= 0.3 is 5.97 Å². The van der Waals surface area contributed by atoms with Gasteiger partial charge in [-0.3, -0.25) is 4.79 Å². The molecule has 1 aliphatic carbocycles. The van der Waals surface area contributed by atoms with Crippen molar-refractivity contribution in [2.75, 3.05) is 0 Å². The van der Waals surface area contributed by atoms with Crippen molar-refractivity contribution in [3.05, 3.63) is 35.9 Å². The van der Waals surface area contributed by atoms with E-state index in [1.54, 1.807) is 0 Å². The Bertz CT molecular complexity index is 358. The molecule has 1 fully saturated rings. The molecule has 0 amide bonds. The van der Waals surface area contributed by atoms with Gasteiger partial charge < -0.3 is 5.11 Å². The van der Waals surface area contributed by atoms with E-state index in [9.17, 15) is 4.79 Å². The van der Waals surface area contributed by atoms with Crippen LogP contribution in [0.4, 0.5) is 0 Å². The lowest BCUT2D eigenvalue weighted by atomic mass is 9.72. The van der Waals surface area contributed by atoms with Crippen LogP contribution in [0.1, 0.15) is 37.7 Å². The maximum atomic E-state index is 11.0. The molecule has 2 nitrogen and oxygen atoms in total. The molecule has 1 N–H and O–H groups in total. The summed E-state index contributed by atoms with van der Waals surface area (Å²) in [6.45, 7) is 2.23. The minimum absolute atomic E-state index is 0.151. The Hall–Kier alpha value is -1.31. The molecule has 1 saturated carbocycles. The van der Waals surface area contributed by atoms with Crippen molar-refractivity contribution in [2.24, 2.45) is 11.8 Å². The van der Waals surface area contributed by atoms with Crippen LogP contribution >= 0.6 is 0 Å². The lowest BCUT2D eigenvalue weighted by Gasteiger charge is -2.32. The minimum atomic E-state index is -0.632. The van der Waals surface area contributed by atoms with Crippen molar-refractivity contribution in [1.82, 2.24) is 0 Å². The lowest BCUT2D eigenvalue weighted by Crippen LogP contribution is -2.26. The Labute approximate surface area is 96.3 Å². The molecule has 16 heavy (non-hydrogen) atoms. The Morgan fingerprint density at radius 3 is 2.56 bits per heavy atom. The van der Waals surface area contributed by atoms with Crippen LogP contribution in [0, 0.1) is 11.8 Å². The summed E-state index contributed by atoms with van der Waals surface area (Å²) in [6, 6.07) is 10.3. The Kier molecular flexibility index (Phi) is 3.28. The zero-order valence-electron chi connectivity index (χ0n) is 9.60. The highest BCUT2D eigenvalue weighted by Crippen LogP contribution is 2.40. The van der Waals surface area contributed by atoms with Crippen molar-refractivity contribution in [3.63, 3.8) is 0 Å². The van der Waals surface area contributed by atoms with Gasteiger partial charge in [-0.1, -0.05) is 37.3 Å². The molecule has 1 aliphatic rings. The van der Waals surface area contributed by atoms with E-state index in [4.69, 9.17) is 5.11 Å². The SMILES string of the molecule is C[C@@H]1CC[C@H](C(=O)O)C[C@@H]1c1ccccc1. The second-order valence-corrected chi connectivity index (χ2v) is 4.84. The highest BCUT2D eigenvalue weighted by molar-refractivity contribution is 5.70. The largest absolute Gasteiger partial charge is 0.481 e. The Morgan fingerprint density at radius 2 is 1.94 bits per heavy atom. The van der Waals surface area contributed by atoms with Gasteiger partial charge in [0.25, 0.3) is 0 Å². The zero-order valence-corrected chi connectivity index (χ0v) is 9.60. The number of benzene rings is 1. The smallest absolute Gasteiger partial charge is 0.306 e. The van der Waals surface area contributed by atoms with Crippen LogP contribution in [0.3, 0.4) is 0 Å². The third-order valence-corrected chi connectivity index (χ3v) is 3.77. The second kappa shape index (κ2) is 4.69. The topological polar surface area (TPSA) is 37.3 Å². The fourth-order valence-corrected chi connectivity index (χ4v) is 2.71. The fraction of sp³-hybridized carbons (Fsp3) is 0.500. The summed E-state index contributed by atoms with van der Waals surface area (Å²) in [5.41, 5.74) is 1.29. The summed E-state index contributed by atoms with van der Waals surface area (Å²) in [5.74, 6) is 0.225. The van der Waals surface area contributed by atoms with E-state index in [2.05, 4.69) is 19.1 Å². The van der Waals surface area contributed by atoms with E-state index < -0.39 is 5.97 Å². The molecule has 0 heterocycles. The van der Waals surface area contributed by atoms with E-state index in [1.165, 1.54) is 5.56 Å². The molecule has 0 spiro atoms. The van der Waals surface area contributed by atoms with Crippen molar-refractivity contribution in [2.45, 2.75) is 32.1 Å². The van der Waals surface area contributed by atoms with Crippen molar-refractivity contribution < 1.29 is 9.90 Å². The van der Waals surface area contributed by atoms with E-state index in [1.807, 2.05) is 18.2 Å². The lowest BCUT2D eigenvalue weighted by molar-refractivity contribution is -0.143. The molecule has 1 aromatic carbocycles. The monoisotopic (exact) mass is 218 g/mol. The molecule has 86 valence electrons. The standard InChI is InChI=1S/C14H18O2/c1-10-7-8-12(14(15)16)9-13(10)11-5-3-2-4-6-11/h2-6,10,12-13H,7-9H2,1H3,(H,15,16)/t10-,12+,13+/m1/s1. The number of aliphatic carboxylic acids is 1. The van der Waals surface area contributed by atoms with Crippen LogP contribution in [0.5, 0.6) is 0 Å². The van der Waals surface area contributed by atoms with Crippen molar-refractivity contribution in [1.29, 1.82) is 0 Å². The van der Waals surface area contributed by atoms with Gasteiger partial charge in [-0.2, -0.15) is 0 Å². The molecular weight excluding hydrogens is 200 g/mol. The van der Waals surface area contributed by atoms with Crippen LogP contribution in [0.15, 0.2) is 30.3 Å². The minimum Gasteiger partial charge on any atom is -0.481 e. The predicted molar refractivity (Wildman–Crippen MR) is 63.3 cm³/mol. The fourth-order valence-electron chi connectivity index (χ4n) is 2.71. The van der Waals surface area contributed by atoms with Crippen LogP contribution in [0.25, 0.3) is 0 Å². The van der Waals surface area contributed by atoms with Crippen molar-refractivity contribution >= 4 is 5.97 Å². The maximum absolute atomic E-state index is 11.0. The Balaban J connectivity index is 2.16. The van der Waals surface area contributed by atoms with Gasteiger partial charge in [-0.15, -0.1) is 0 Å². The van der Waals surface area contributed by atoms with E-state index in [0.717, 1.165) is 19.3 Å². The number of carboxylic acids is 1. The van der Waals surface area contributed by atoms with Crippen LogP contribution in [0.2, 0.25) is 0 Å². The number of carboxylic acid groups (broad SMARTS) is 1. The highest BCUT2D eigenvalue weighted by Gasteiger charge is 2.32. The average molecular weight is 218 g/mol. The van der Waals surface area contributed by atoms with Crippen molar-refractivity contribution in [3.8, 4) is 0 Å². The quantitative estimate of drug-likeness (QED) is 0.827. The van der Waals surface area contributed by atoms with E-state index in [-0.39, 0.29) is 5.92 Å². The number of hydrogen-bond acceptors (Lipinski definition) is 1. The average Bonchev–Trinajstić information content (AvgIpc) is 2.30. The van der Waals surface area contributed by atoms with Crippen LogP contribution in [-0.4, -0.2) is 11.1 Å². The summed E-state index contributed by atoms with van der Waals surface area (Å²) in [6.07, 6.45) is 2.65. The predicted octanol–water partition coefficient (Wildman–Crippen LogP) is 3.29. The number of rotatable bonds is 2. The maximum Gasteiger partial charge on any atom is 0.306 e. The molecule has 0 bridgehead atoms. The van der Waals surface area contributed by atoms with Gasteiger partial charge in [0, 0.05) is 0 Å². The first-order valence-corrected chi connectivity index (χ1v) is 5.96. The molecule has 2 heteroatoms. The third-order valence-electron chi connectivity index (χ3n) is 3.77. The summed E-state index contributed by atoms with van der Waals surface area (Å²) < 4.78 is 0. The first-order valence-electron chi connectivity index (χ1n) is 5.96. The zero-order chi connectivity index (χ0) is 11.5. The molecule has 0 saturated heterocycles. The molecule has 0 aliphatic heterocycles. The molecule has 2 rings (SSSR count). The Morgan fingerprint density at radius 1 is 1.25 bits per heavy atom. The molecule has 3 atom stereocenters. The molecule has 0 aromatic heterocycles. The number of carbonyl (C=O) groups is 1. The van der Waals surface area contributed by atoms with Gasteiger partial charge in [0.05, 0.1) is 5.92 Å². The normalized spacial score (nSPS) is 29.9. The van der Waals surface area contributed by atoms with Gasteiger partial charge in [0.15, 0.2) is 0 Å². The van der Waals surface area contributed by atoms with Crippen LogP contribution in [-0.2, 0) is 4.79 Å². The molecule has 0 unspecified atom stereocenters. The first-order chi connectivity index (χ1) is 7.68. The summed E-state index contributed by atoms with van der Waals surface area (Å²) >= 11 is 0. The number of hydrogen-bond donors (Lipinski definition) is 1. The summed E-state index contributed by atoms with van der Waals surface area (Å²) in [4.78, 5) is 11.0. The van der Waals surface area contributed by atoms with Gasteiger partial charge in [-0.25, -0.2) is 0 Å². The summed E-state index contributed by atoms with van der Waals surface area (Å²) in [5, 5.41) is 9.09. The first kappa shape index (κ1) is 11.2. The third kappa shape index (κ3) is 2.26. The van der Waals surface area contributed by atoms with Gasteiger partial charge in [0.1, 0.15) is 0 Å². The molecular formula is C14H18O2. The second-order valence-electron chi connectivity index (χ2n) is 4.84. The van der Waals surface area contributed by atoms with E-state index in [0.29, 0.717) is 11.8 Å². The van der Waals surface area contributed by atoms with Gasteiger partial charge in [0.2, 0.25) is 0 Å². The molecule has 0 radical (unpaired) electrons. The van der Waals surface area contributed by atoms with E-state index >= 15 is 0 Å². The molecule has 1 aromatic rings. The van der Waals surface area contributed by atoms with Gasteiger partial charge in [-0.05, 0) is 36.7 Å². The summed E-state index contributed by atoms with van der Waals surface area (Å²) in [7, 11) is 0. The highest BCUT2D eigenvalue weighted by atomic mass is 16.4. The van der Waals surface area contributed by atoms with Crippen LogP contribution < -0.4 is 0 Å².